The van der Waals surface area contributed by atoms with Gasteiger partial charge in [0.1, 0.15) is 11.6 Å². The van der Waals surface area contributed by atoms with Crippen LogP contribution in [0.5, 0.6) is 5.75 Å². The summed E-state index contributed by atoms with van der Waals surface area (Å²) >= 11 is 0. The number of carbonyl (C=O) groups is 1. The van der Waals surface area contributed by atoms with Gasteiger partial charge in [-0.3, -0.25) is 15.1 Å². The van der Waals surface area contributed by atoms with Crippen LogP contribution in [0.25, 0.3) is 10.8 Å². The van der Waals surface area contributed by atoms with Gasteiger partial charge < -0.3 is 21.9 Å². The molecule has 0 saturated carbocycles. The van der Waals surface area contributed by atoms with Gasteiger partial charge in [0.05, 0.1) is 12.3 Å². The number of nitrogen functional groups attached to an aromatic ring is 2. The zero-order valence-electron chi connectivity index (χ0n) is 18.4. The Bertz CT molecular complexity index is 1140. The molecule has 0 aliphatic heterocycles. The summed E-state index contributed by atoms with van der Waals surface area (Å²) in [6.45, 7) is 4.77. The number of ether oxygens (including phenoxy) is 1. The van der Waals surface area contributed by atoms with Crippen molar-refractivity contribution in [1.29, 1.82) is 0 Å². The summed E-state index contributed by atoms with van der Waals surface area (Å²) in [5, 5.41) is 4.83. The number of nitrogens with two attached hydrogens (primary N) is 3. The van der Waals surface area contributed by atoms with Crippen LogP contribution in [-0.4, -0.2) is 35.0 Å². The van der Waals surface area contributed by atoms with Gasteiger partial charge in [-0.25, -0.2) is 9.97 Å². The fourth-order valence-corrected chi connectivity index (χ4v) is 3.25. The van der Waals surface area contributed by atoms with E-state index in [1.807, 2.05) is 13.0 Å². The number of fused-ring (bicyclic) bond motifs is 1. The largest absolute Gasteiger partial charge is 0.494 e. The number of amides is 1. The molecule has 0 fully saturated rings. The van der Waals surface area contributed by atoms with Gasteiger partial charge in [0.2, 0.25) is 0 Å². The van der Waals surface area contributed by atoms with E-state index >= 15 is 0 Å². The highest BCUT2D eigenvalue weighted by Crippen LogP contribution is 2.23. The number of aromatic nitrogens is 2. The van der Waals surface area contributed by atoms with Crippen molar-refractivity contribution in [2.45, 2.75) is 33.1 Å². The van der Waals surface area contributed by atoms with E-state index in [-0.39, 0.29) is 23.3 Å². The van der Waals surface area contributed by atoms with Crippen LogP contribution in [0.1, 0.15) is 41.5 Å². The third kappa shape index (κ3) is 5.84. The first kappa shape index (κ1) is 22.8. The van der Waals surface area contributed by atoms with Crippen molar-refractivity contribution in [3.8, 4) is 5.75 Å². The smallest absolute Gasteiger partial charge is 0.280 e. The van der Waals surface area contributed by atoms with Crippen molar-refractivity contribution in [3.63, 3.8) is 0 Å². The number of benzene rings is 2. The standard InChI is InChI=1S/C23H29N7O2/c1-3-32-18-10-9-16-12-15(7-8-17(16)13-18)6-4-5-11-27-23(26)30-22(31)19-21(25)29-20(24)14(2)28-19/h7-10,12-13H,3-6,11H2,1-2H3,(H4,24,25,29)(H3,26,27,30,31). The van der Waals surface area contributed by atoms with Crippen LogP contribution in [0.4, 0.5) is 11.6 Å². The molecule has 0 unspecified atom stereocenters. The Morgan fingerprint density at radius 2 is 1.81 bits per heavy atom. The number of rotatable bonds is 8. The van der Waals surface area contributed by atoms with Crippen LogP contribution in [0.15, 0.2) is 41.4 Å². The van der Waals surface area contributed by atoms with Gasteiger partial charge in [0.15, 0.2) is 17.5 Å². The zero-order valence-corrected chi connectivity index (χ0v) is 18.4. The first-order valence-corrected chi connectivity index (χ1v) is 10.5. The van der Waals surface area contributed by atoms with E-state index in [1.54, 1.807) is 6.92 Å². The van der Waals surface area contributed by atoms with Crippen LogP contribution in [-0.2, 0) is 6.42 Å². The number of carbonyl (C=O) groups excluding carboxylic acids is 1. The molecular weight excluding hydrogens is 406 g/mol. The summed E-state index contributed by atoms with van der Waals surface area (Å²) in [4.78, 5) is 24.4. The van der Waals surface area contributed by atoms with E-state index in [2.05, 4.69) is 50.6 Å². The molecule has 0 aliphatic rings. The molecule has 1 heterocycles. The van der Waals surface area contributed by atoms with Crippen LogP contribution in [0, 0.1) is 6.92 Å². The Morgan fingerprint density at radius 1 is 1.06 bits per heavy atom. The third-order valence-electron chi connectivity index (χ3n) is 4.93. The molecular formula is C23H29N7O2. The minimum absolute atomic E-state index is 0.0153. The highest BCUT2D eigenvalue weighted by atomic mass is 16.5. The van der Waals surface area contributed by atoms with E-state index in [4.69, 9.17) is 21.9 Å². The van der Waals surface area contributed by atoms with Crippen molar-refractivity contribution < 1.29 is 9.53 Å². The number of nitrogens with zero attached hydrogens (tertiary/aromatic N) is 3. The average molecular weight is 436 g/mol. The Hall–Kier alpha value is -3.88. The van der Waals surface area contributed by atoms with Gasteiger partial charge >= 0.3 is 0 Å². The van der Waals surface area contributed by atoms with Crippen LogP contribution in [0.2, 0.25) is 0 Å². The summed E-state index contributed by atoms with van der Waals surface area (Å²) in [6.07, 6.45) is 2.71. The van der Waals surface area contributed by atoms with Crippen molar-refractivity contribution in [2.75, 3.05) is 24.6 Å². The first-order valence-electron chi connectivity index (χ1n) is 10.5. The number of unbranched alkanes of at least 4 members (excludes halogenated alkanes) is 1. The monoisotopic (exact) mass is 435 g/mol. The van der Waals surface area contributed by atoms with E-state index in [0.717, 1.165) is 30.4 Å². The molecule has 3 aromatic rings. The number of aliphatic imine (C=N–C) groups is 1. The minimum Gasteiger partial charge on any atom is -0.494 e. The van der Waals surface area contributed by atoms with Gasteiger partial charge in [0.25, 0.3) is 5.91 Å². The quantitative estimate of drug-likeness (QED) is 0.241. The Labute approximate surface area is 187 Å². The molecule has 3 rings (SSSR count). The second-order valence-electron chi connectivity index (χ2n) is 7.38. The second-order valence-corrected chi connectivity index (χ2v) is 7.38. The minimum atomic E-state index is -0.567. The summed E-state index contributed by atoms with van der Waals surface area (Å²) in [5.41, 5.74) is 18.8. The number of aryl methyl sites for hydroxylation is 2. The normalized spacial score (nSPS) is 11.5. The maximum absolute atomic E-state index is 12.3. The lowest BCUT2D eigenvalue weighted by Crippen LogP contribution is -2.38. The fraction of sp³-hybridized carbons (Fsp3) is 0.304. The summed E-state index contributed by atoms with van der Waals surface area (Å²) in [7, 11) is 0. The van der Waals surface area contributed by atoms with Gasteiger partial charge in [-0.05, 0) is 61.6 Å². The van der Waals surface area contributed by atoms with Gasteiger partial charge in [-0.15, -0.1) is 0 Å². The van der Waals surface area contributed by atoms with E-state index < -0.39 is 5.91 Å². The van der Waals surface area contributed by atoms with Crippen molar-refractivity contribution in [2.24, 2.45) is 10.7 Å². The van der Waals surface area contributed by atoms with Gasteiger partial charge in [0, 0.05) is 6.54 Å². The molecule has 0 saturated heterocycles. The molecule has 0 bridgehead atoms. The summed E-state index contributed by atoms with van der Waals surface area (Å²) in [6, 6.07) is 12.6. The Balaban J connectivity index is 1.47. The van der Waals surface area contributed by atoms with Crippen molar-refractivity contribution in [3.05, 3.63) is 53.3 Å². The van der Waals surface area contributed by atoms with Gasteiger partial charge in [-0.2, -0.15) is 0 Å². The van der Waals surface area contributed by atoms with Crippen LogP contribution in [0.3, 0.4) is 0 Å². The van der Waals surface area contributed by atoms with Gasteiger partial charge in [-0.1, -0.05) is 24.3 Å². The molecule has 32 heavy (non-hydrogen) atoms. The van der Waals surface area contributed by atoms with E-state index in [1.165, 1.54) is 10.9 Å². The molecule has 9 heteroatoms. The van der Waals surface area contributed by atoms with Crippen molar-refractivity contribution in [1.82, 2.24) is 15.3 Å². The molecule has 1 amide bonds. The SMILES string of the molecule is CCOc1ccc2cc(CCCCN=C(N)NC(=O)c3nc(C)c(N)nc3N)ccc2c1. The summed E-state index contributed by atoms with van der Waals surface area (Å²) in [5.74, 6) is 0.464. The maximum atomic E-state index is 12.3. The number of guanidine groups is 1. The topological polar surface area (TPSA) is 155 Å². The Morgan fingerprint density at radius 3 is 2.59 bits per heavy atom. The first-order chi connectivity index (χ1) is 15.4. The molecule has 0 radical (unpaired) electrons. The number of nitrogens with one attached hydrogen (secondary N) is 1. The molecule has 0 atom stereocenters. The lowest BCUT2D eigenvalue weighted by Gasteiger charge is -2.08. The maximum Gasteiger partial charge on any atom is 0.280 e. The van der Waals surface area contributed by atoms with E-state index in [9.17, 15) is 4.79 Å². The van der Waals surface area contributed by atoms with Crippen LogP contribution < -0.4 is 27.3 Å². The molecule has 168 valence electrons. The predicted octanol–water partition coefficient (Wildman–Crippen LogP) is 2.57. The predicted molar refractivity (Wildman–Crippen MR) is 128 cm³/mol. The lowest BCUT2D eigenvalue weighted by atomic mass is 10.0. The molecule has 9 nitrogen and oxygen atoms in total. The molecule has 0 spiro atoms. The number of hydrogen-bond donors (Lipinski definition) is 4. The third-order valence-corrected chi connectivity index (χ3v) is 4.93. The number of anilines is 2. The lowest BCUT2D eigenvalue weighted by molar-refractivity contribution is 0.0972. The van der Waals surface area contributed by atoms with E-state index in [0.29, 0.717) is 18.8 Å². The highest BCUT2D eigenvalue weighted by Gasteiger charge is 2.15. The summed E-state index contributed by atoms with van der Waals surface area (Å²) < 4.78 is 5.55. The molecule has 0 aliphatic carbocycles. The average Bonchev–Trinajstić information content (AvgIpc) is 2.76. The number of hydrogen-bond acceptors (Lipinski definition) is 7. The van der Waals surface area contributed by atoms with Crippen LogP contribution >= 0.6 is 0 Å². The second kappa shape index (κ2) is 10.4. The van der Waals surface area contributed by atoms with Crippen molar-refractivity contribution >= 4 is 34.3 Å². The zero-order chi connectivity index (χ0) is 23.1. The Kier molecular flexibility index (Phi) is 7.43. The molecule has 7 N–H and O–H groups in total. The highest BCUT2D eigenvalue weighted by molar-refractivity contribution is 6.06. The molecule has 2 aromatic carbocycles. The molecule has 1 aromatic heterocycles. The fourth-order valence-electron chi connectivity index (χ4n) is 3.25.